The number of pyridine rings is 1. The van der Waals surface area contributed by atoms with E-state index in [2.05, 4.69) is 10.6 Å². The van der Waals surface area contributed by atoms with Crippen molar-refractivity contribution in [3.05, 3.63) is 41.7 Å². The molecule has 1 aliphatic rings. The maximum absolute atomic E-state index is 12.8. The zero-order chi connectivity index (χ0) is 17.1. The van der Waals surface area contributed by atoms with Crippen molar-refractivity contribution in [3.63, 3.8) is 0 Å². The molecule has 3 amide bonds. The van der Waals surface area contributed by atoms with Gasteiger partial charge in [-0.15, -0.1) is 0 Å². The quantitative estimate of drug-likeness (QED) is 0.882. The molecular weight excluding hydrogens is 308 g/mol. The van der Waals surface area contributed by atoms with Gasteiger partial charge < -0.3 is 24.7 Å². The van der Waals surface area contributed by atoms with Crippen molar-refractivity contribution in [2.45, 2.75) is 13.0 Å². The lowest BCUT2D eigenvalue weighted by molar-refractivity contribution is -0.0191. The van der Waals surface area contributed by atoms with Crippen LogP contribution in [-0.4, -0.2) is 60.6 Å². The van der Waals surface area contributed by atoms with Crippen LogP contribution in [0.2, 0.25) is 0 Å². The second-order valence-corrected chi connectivity index (χ2v) is 5.92. The average Bonchev–Trinajstić information content (AvgIpc) is 3.05. The van der Waals surface area contributed by atoms with Crippen LogP contribution in [0.4, 0.5) is 4.79 Å². The Hall–Kier alpha value is -2.54. The third-order valence-corrected chi connectivity index (χ3v) is 4.24. The number of nitrogens with zero attached hydrogens (tertiary/aromatic N) is 2. The van der Waals surface area contributed by atoms with Gasteiger partial charge in [0.05, 0.1) is 18.3 Å². The second kappa shape index (κ2) is 6.92. The first-order valence-electron chi connectivity index (χ1n) is 8.02. The fourth-order valence-electron chi connectivity index (χ4n) is 2.91. The molecule has 3 rings (SSSR count). The monoisotopic (exact) mass is 330 g/mol. The third-order valence-electron chi connectivity index (χ3n) is 4.24. The number of carbonyl (C=O) groups is 2. The van der Waals surface area contributed by atoms with E-state index < -0.39 is 0 Å². The maximum atomic E-state index is 12.8. The van der Waals surface area contributed by atoms with Gasteiger partial charge in [-0.05, 0) is 24.6 Å². The highest BCUT2D eigenvalue weighted by molar-refractivity contribution is 5.96. The minimum Gasteiger partial charge on any atom is -0.373 e. The van der Waals surface area contributed by atoms with Gasteiger partial charge in [0.15, 0.2) is 0 Å². The summed E-state index contributed by atoms with van der Waals surface area (Å²) in [6.07, 6.45) is 3.60. The molecule has 1 atom stereocenters. The number of ether oxygens (including phenoxy) is 1. The summed E-state index contributed by atoms with van der Waals surface area (Å²) < 4.78 is 7.59. The van der Waals surface area contributed by atoms with Gasteiger partial charge in [-0.3, -0.25) is 4.79 Å². The number of carbonyl (C=O) groups excluding carboxylic acids is 2. The third kappa shape index (κ3) is 3.35. The predicted octanol–water partition coefficient (Wildman–Crippen LogP) is 1.02. The van der Waals surface area contributed by atoms with Crippen molar-refractivity contribution in [2.24, 2.45) is 0 Å². The number of nitrogens with one attached hydrogen (secondary N) is 2. The van der Waals surface area contributed by atoms with E-state index in [1.165, 1.54) is 0 Å². The average molecular weight is 330 g/mol. The molecule has 0 radical (unpaired) electrons. The number of aryl methyl sites for hydroxylation is 1. The first kappa shape index (κ1) is 16.3. The largest absolute Gasteiger partial charge is 0.373 e. The van der Waals surface area contributed by atoms with E-state index in [-0.39, 0.29) is 18.0 Å². The Balaban J connectivity index is 1.69. The van der Waals surface area contributed by atoms with Crippen molar-refractivity contribution in [3.8, 4) is 0 Å². The van der Waals surface area contributed by atoms with Crippen molar-refractivity contribution < 1.29 is 14.3 Å². The van der Waals surface area contributed by atoms with Crippen LogP contribution in [0.1, 0.15) is 15.9 Å². The summed E-state index contributed by atoms with van der Waals surface area (Å²) in [4.78, 5) is 25.8. The lowest BCUT2D eigenvalue weighted by Crippen LogP contribution is -2.50. The van der Waals surface area contributed by atoms with Crippen molar-refractivity contribution in [1.82, 2.24) is 19.9 Å². The molecule has 7 heteroatoms. The number of aromatic nitrogens is 1. The summed E-state index contributed by atoms with van der Waals surface area (Å²) in [5.74, 6) is -0.00802. The van der Waals surface area contributed by atoms with Gasteiger partial charge in [0.25, 0.3) is 5.91 Å². The minimum absolute atomic E-state index is 0.00802. The summed E-state index contributed by atoms with van der Waals surface area (Å²) in [5.41, 5.74) is 2.84. The Morgan fingerprint density at radius 3 is 3.00 bits per heavy atom. The number of rotatable bonds is 3. The summed E-state index contributed by atoms with van der Waals surface area (Å²) in [5, 5.41) is 5.21. The highest BCUT2D eigenvalue weighted by atomic mass is 16.5. The first-order chi connectivity index (χ1) is 11.6. The number of morpholine rings is 1. The summed E-state index contributed by atoms with van der Waals surface area (Å²) >= 11 is 0. The first-order valence-corrected chi connectivity index (χ1v) is 8.02. The molecule has 2 aromatic rings. The highest BCUT2D eigenvalue weighted by Crippen LogP contribution is 2.17. The lowest BCUT2D eigenvalue weighted by Gasteiger charge is -2.32. The van der Waals surface area contributed by atoms with E-state index in [1.54, 1.807) is 11.9 Å². The molecule has 0 aromatic carbocycles. The molecule has 128 valence electrons. The van der Waals surface area contributed by atoms with Crippen LogP contribution in [0.5, 0.6) is 0 Å². The molecule has 3 heterocycles. The molecule has 0 aliphatic carbocycles. The van der Waals surface area contributed by atoms with Crippen LogP contribution in [0.15, 0.2) is 30.6 Å². The van der Waals surface area contributed by atoms with E-state index in [9.17, 15) is 9.59 Å². The van der Waals surface area contributed by atoms with Gasteiger partial charge >= 0.3 is 6.03 Å². The molecule has 7 nitrogen and oxygen atoms in total. The lowest BCUT2D eigenvalue weighted by atomic mass is 10.2. The van der Waals surface area contributed by atoms with Crippen molar-refractivity contribution >= 4 is 17.5 Å². The molecule has 2 N–H and O–H groups in total. The maximum Gasteiger partial charge on any atom is 0.314 e. The Labute approximate surface area is 140 Å². The molecule has 0 bridgehead atoms. The number of hydrogen-bond donors (Lipinski definition) is 2. The van der Waals surface area contributed by atoms with Crippen LogP contribution in [0.25, 0.3) is 5.52 Å². The Kier molecular flexibility index (Phi) is 4.71. The summed E-state index contributed by atoms with van der Waals surface area (Å²) in [6, 6.07) is 5.66. The Morgan fingerprint density at radius 1 is 1.42 bits per heavy atom. The van der Waals surface area contributed by atoms with E-state index in [0.717, 1.165) is 11.1 Å². The zero-order valence-electron chi connectivity index (χ0n) is 13.9. The van der Waals surface area contributed by atoms with Crippen molar-refractivity contribution in [1.29, 1.82) is 0 Å². The van der Waals surface area contributed by atoms with Crippen molar-refractivity contribution in [2.75, 3.05) is 33.3 Å². The molecule has 1 aliphatic heterocycles. The van der Waals surface area contributed by atoms with Gasteiger partial charge in [-0.2, -0.15) is 0 Å². The molecule has 0 spiro atoms. The fraction of sp³-hybridized carbons (Fsp3) is 0.412. The molecule has 24 heavy (non-hydrogen) atoms. The van der Waals surface area contributed by atoms with Gasteiger partial charge in [-0.1, -0.05) is 6.07 Å². The van der Waals surface area contributed by atoms with Crippen LogP contribution in [0.3, 0.4) is 0 Å². The van der Waals surface area contributed by atoms with E-state index in [1.807, 2.05) is 41.9 Å². The molecule has 1 unspecified atom stereocenters. The van der Waals surface area contributed by atoms with Crippen LogP contribution in [0, 0.1) is 6.92 Å². The summed E-state index contributed by atoms with van der Waals surface area (Å²) in [6.45, 7) is 3.89. The number of urea groups is 1. The van der Waals surface area contributed by atoms with E-state index >= 15 is 0 Å². The molecule has 2 aromatic heterocycles. The molecular formula is C17H22N4O3. The zero-order valence-corrected chi connectivity index (χ0v) is 13.9. The fourth-order valence-corrected chi connectivity index (χ4v) is 2.91. The topological polar surface area (TPSA) is 75.1 Å². The van der Waals surface area contributed by atoms with Crippen LogP contribution < -0.4 is 10.6 Å². The van der Waals surface area contributed by atoms with Crippen LogP contribution >= 0.6 is 0 Å². The number of hydrogen-bond acceptors (Lipinski definition) is 3. The van der Waals surface area contributed by atoms with Crippen LogP contribution in [-0.2, 0) is 4.74 Å². The summed E-state index contributed by atoms with van der Waals surface area (Å²) in [7, 11) is 1.56. The Bertz CT molecular complexity index is 755. The van der Waals surface area contributed by atoms with Gasteiger partial charge in [-0.25, -0.2) is 4.79 Å². The predicted molar refractivity (Wildman–Crippen MR) is 90.2 cm³/mol. The SMILES string of the molecule is CNC(=O)NCC1CN(C(=O)c2cc3c(C)cccn3c2)CCO1. The Morgan fingerprint density at radius 2 is 2.25 bits per heavy atom. The van der Waals surface area contributed by atoms with Gasteiger partial charge in [0.2, 0.25) is 0 Å². The number of amides is 3. The smallest absolute Gasteiger partial charge is 0.314 e. The molecule has 1 fully saturated rings. The minimum atomic E-state index is -0.254. The van der Waals surface area contributed by atoms with Gasteiger partial charge in [0.1, 0.15) is 0 Å². The molecule has 0 saturated carbocycles. The molecule has 1 saturated heterocycles. The van der Waals surface area contributed by atoms with E-state index in [0.29, 0.717) is 31.8 Å². The second-order valence-electron chi connectivity index (χ2n) is 5.92. The number of fused-ring (bicyclic) bond motifs is 1. The normalized spacial score (nSPS) is 17.8. The van der Waals surface area contributed by atoms with E-state index in [4.69, 9.17) is 4.74 Å². The highest BCUT2D eigenvalue weighted by Gasteiger charge is 2.26. The standard InChI is InChI=1S/C17H22N4O3/c1-12-4-3-5-20-10-13(8-15(12)20)16(22)21-6-7-24-14(11-21)9-19-17(23)18-2/h3-5,8,10,14H,6-7,9,11H2,1-2H3,(H2,18,19,23). The van der Waals surface area contributed by atoms with Gasteiger partial charge in [0, 0.05) is 44.6 Å².